The van der Waals surface area contributed by atoms with Gasteiger partial charge in [-0.15, -0.1) is 0 Å². The van der Waals surface area contributed by atoms with E-state index in [0.717, 1.165) is 36.4 Å². The zero-order valence-corrected chi connectivity index (χ0v) is 12.2. The summed E-state index contributed by atoms with van der Waals surface area (Å²) in [7, 11) is 0. The monoisotopic (exact) mass is 275 g/mol. The molecule has 20 heavy (non-hydrogen) atoms. The molecule has 3 aliphatic carbocycles. The number of hydrogen-bond donors (Lipinski definition) is 1. The van der Waals surface area contributed by atoms with Crippen molar-refractivity contribution in [3.05, 3.63) is 11.7 Å². The molecule has 2 atom stereocenters. The Bertz CT molecular complexity index is 464. The molecule has 1 aromatic rings. The van der Waals surface area contributed by atoms with Crippen molar-refractivity contribution in [2.45, 2.75) is 75.7 Å². The molecule has 0 amide bonds. The predicted octanol–water partition coefficient (Wildman–Crippen LogP) is 3.48. The van der Waals surface area contributed by atoms with Crippen molar-refractivity contribution in [2.24, 2.45) is 17.6 Å². The van der Waals surface area contributed by atoms with Crippen molar-refractivity contribution in [2.75, 3.05) is 0 Å². The van der Waals surface area contributed by atoms with Gasteiger partial charge >= 0.3 is 0 Å². The van der Waals surface area contributed by atoms with Crippen molar-refractivity contribution >= 4 is 0 Å². The van der Waals surface area contributed by atoms with E-state index in [1.54, 1.807) is 0 Å². The molecule has 0 spiro atoms. The molecular formula is C16H25N3O. The third kappa shape index (κ3) is 2.09. The van der Waals surface area contributed by atoms with Crippen LogP contribution in [0.15, 0.2) is 4.52 Å². The standard InChI is InChI=1S/C16H25N3O/c17-16(9-5-1-2-6-10-16)15-18-14(20-19-15)13-11-7-3-4-8-12(11)13/h11-13H,1-10,17H2. The van der Waals surface area contributed by atoms with Crippen LogP contribution in [0.1, 0.15) is 81.8 Å². The van der Waals surface area contributed by atoms with Crippen LogP contribution in [0.2, 0.25) is 0 Å². The summed E-state index contributed by atoms with van der Waals surface area (Å²) in [5, 5.41) is 4.26. The summed E-state index contributed by atoms with van der Waals surface area (Å²) in [5.41, 5.74) is 6.24. The smallest absolute Gasteiger partial charge is 0.230 e. The molecule has 3 saturated carbocycles. The van der Waals surface area contributed by atoms with Gasteiger partial charge in [0.25, 0.3) is 0 Å². The summed E-state index contributed by atoms with van der Waals surface area (Å²) in [6.45, 7) is 0. The van der Waals surface area contributed by atoms with Gasteiger partial charge in [-0.3, -0.25) is 0 Å². The van der Waals surface area contributed by atoms with Crippen LogP contribution in [0.4, 0.5) is 0 Å². The topological polar surface area (TPSA) is 64.9 Å². The Kier molecular flexibility index (Phi) is 3.09. The van der Waals surface area contributed by atoms with E-state index in [4.69, 9.17) is 15.2 Å². The van der Waals surface area contributed by atoms with Crippen molar-refractivity contribution < 1.29 is 4.52 Å². The maximum absolute atomic E-state index is 6.58. The van der Waals surface area contributed by atoms with Crippen LogP contribution in [0.25, 0.3) is 0 Å². The highest BCUT2D eigenvalue weighted by Crippen LogP contribution is 2.60. The van der Waals surface area contributed by atoms with E-state index in [0.29, 0.717) is 5.92 Å². The highest BCUT2D eigenvalue weighted by molar-refractivity contribution is 5.16. The van der Waals surface area contributed by atoms with Crippen LogP contribution in [-0.2, 0) is 5.54 Å². The van der Waals surface area contributed by atoms with Crippen molar-refractivity contribution in [1.82, 2.24) is 10.1 Å². The van der Waals surface area contributed by atoms with Gasteiger partial charge in [-0.25, -0.2) is 0 Å². The molecule has 4 rings (SSSR count). The normalized spacial score (nSPS) is 36.1. The fourth-order valence-electron chi connectivity index (χ4n) is 4.51. The molecule has 0 aromatic carbocycles. The predicted molar refractivity (Wildman–Crippen MR) is 76.1 cm³/mol. The number of nitrogens with two attached hydrogens (primary N) is 1. The molecule has 0 radical (unpaired) electrons. The van der Waals surface area contributed by atoms with Gasteiger partial charge in [-0.2, -0.15) is 4.98 Å². The third-order valence-electron chi connectivity index (χ3n) is 5.82. The molecule has 0 bridgehead atoms. The molecule has 2 N–H and O–H groups in total. The first-order valence-electron chi connectivity index (χ1n) is 8.41. The Morgan fingerprint density at radius 3 is 2.25 bits per heavy atom. The Labute approximate surface area is 120 Å². The molecule has 4 heteroatoms. The van der Waals surface area contributed by atoms with Gasteiger partial charge in [0, 0.05) is 5.92 Å². The molecule has 3 fully saturated rings. The fourth-order valence-corrected chi connectivity index (χ4v) is 4.51. The number of aromatic nitrogens is 2. The first-order chi connectivity index (χ1) is 9.78. The van der Waals surface area contributed by atoms with E-state index < -0.39 is 0 Å². The number of hydrogen-bond acceptors (Lipinski definition) is 4. The summed E-state index contributed by atoms with van der Waals surface area (Å²) in [6.07, 6.45) is 12.4. The second kappa shape index (κ2) is 4.83. The molecule has 2 unspecified atom stereocenters. The Morgan fingerprint density at radius 2 is 1.60 bits per heavy atom. The minimum Gasteiger partial charge on any atom is -0.339 e. The number of nitrogens with zero attached hydrogens (tertiary/aromatic N) is 2. The van der Waals surface area contributed by atoms with Crippen LogP contribution in [0.5, 0.6) is 0 Å². The first-order valence-corrected chi connectivity index (χ1v) is 8.41. The van der Waals surface area contributed by atoms with Crippen molar-refractivity contribution in [3.63, 3.8) is 0 Å². The van der Waals surface area contributed by atoms with Crippen LogP contribution in [0, 0.1) is 11.8 Å². The number of fused-ring (bicyclic) bond motifs is 1. The van der Waals surface area contributed by atoms with Gasteiger partial charge in [0.15, 0.2) is 5.82 Å². The Hall–Kier alpha value is -0.900. The van der Waals surface area contributed by atoms with Gasteiger partial charge < -0.3 is 10.3 Å². The molecule has 1 aromatic heterocycles. The van der Waals surface area contributed by atoms with E-state index in [-0.39, 0.29) is 5.54 Å². The zero-order valence-electron chi connectivity index (χ0n) is 12.2. The molecular weight excluding hydrogens is 250 g/mol. The highest BCUT2D eigenvalue weighted by Gasteiger charge is 2.54. The van der Waals surface area contributed by atoms with E-state index in [1.807, 2.05) is 0 Å². The minimum atomic E-state index is -0.335. The number of rotatable bonds is 2. The lowest BCUT2D eigenvalue weighted by atomic mass is 9.91. The minimum absolute atomic E-state index is 0.335. The first kappa shape index (κ1) is 12.8. The maximum Gasteiger partial charge on any atom is 0.230 e. The third-order valence-corrected chi connectivity index (χ3v) is 5.82. The molecule has 0 aliphatic heterocycles. The lowest BCUT2D eigenvalue weighted by molar-refractivity contribution is 0.323. The SMILES string of the molecule is NC1(c2noc(C3C4CCCCC43)n2)CCCCCC1. The van der Waals surface area contributed by atoms with E-state index in [9.17, 15) is 0 Å². The molecule has 3 aliphatic rings. The van der Waals surface area contributed by atoms with Crippen LogP contribution in [0.3, 0.4) is 0 Å². The Balaban J connectivity index is 1.53. The van der Waals surface area contributed by atoms with Crippen LogP contribution in [-0.4, -0.2) is 10.1 Å². The second-order valence-electron chi connectivity index (χ2n) is 7.16. The summed E-state index contributed by atoms with van der Waals surface area (Å²) in [4.78, 5) is 4.73. The lowest BCUT2D eigenvalue weighted by Crippen LogP contribution is -2.37. The molecule has 4 nitrogen and oxygen atoms in total. The van der Waals surface area contributed by atoms with Crippen LogP contribution >= 0.6 is 0 Å². The average Bonchev–Trinajstić information content (AvgIpc) is 3.07. The van der Waals surface area contributed by atoms with Gasteiger partial charge in [0.1, 0.15) is 0 Å². The summed E-state index contributed by atoms with van der Waals surface area (Å²) >= 11 is 0. The fraction of sp³-hybridized carbons (Fsp3) is 0.875. The maximum atomic E-state index is 6.58. The van der Waals surface area contributed by atoms with Crippen LogP contribution < -0.4 is 5.73 Å². The summed E-state index contributed by atoms with van der Waals surface area (Å²) < 4.78 is 5.60. The van der Waals surface area contributed by atoms with Gasteiger partial charge in [-0.1, -0.05) is 43.7 Å². The summed E-state index contributed by atoms with van der Waals surface area (Å²) in [5.74, 6) is 3.84. The van der Waals surface area contributed by atoms with E-state index in [2.05, 4.69) is 5.16 Å². The Morgan fingerprint density at radius 1 is 0.950 bits per heavy atom. The highest BCUT2D eigenvalue weighted by atomic mass is 16.5. The van der Waals surface area contributed by atoms with Gasteiger partial charge in [0.05, 0.1) is 5.54 Å². The van der Waals surface area contributed by atoms with Crippen molar-refractivity contribution in [1.29, 1.82) is 0 Å². The van der Waals surface area contributed by atoms with E-state index >= 15 is 0 Å². The molecule has 0 saturated heterocycles. The quantitative estimate of drug-likeness (QED) is 0.839. The van der Waals surface area contributed by atoms with E-state index in [1.165, 1.54) is 51.4 Å². The second-order valence-corrected chi connectivity index (χ2v) is 7.16. The summed E-state index contributed by atoms with van der Waals surface area (Å²) in [6, 6.07) is 0. The molecule has 110 valence electrons. The van der Waals surface area contributed by atoms with Gasteiger partial charge in [-0.05, 0) is 37.5 Å². The lowest BCUT2D eigenvalue weighted by Gasteiger charge is -2.23. The van der Waals surface area contributed by atoms with Gasteiger partial charge in [0.2, 0.25) is 5.89 Å². The van der Waals surface area contributed by atoms with Crippen molar-refractivity contribution in [3.8, 4) is 0 Å². The zero-order chi connectivity index (χ0) is 13.6. The largest absolute Gasteiger partial charge is 0.339 e. The average molecular weight is 275 g/mol. The molecule has 1 heterocycles.